The van der Waals surface area contributed by atoms with Crippen molar-refractivity contribution in [3.05, 3.63) is 36.6 Å². The van der Waals surface area contributed by atoms with Gasteiger partial charge in [-0.1, -0.05) is 5.16 Å². The smallest absolute Gasteiger partial charge is 0.262 e. The third kappa shape index (κ3) is 1.69. The van der Waals surface area contributed by atoms with Gasteiger partial charge in [0.2, 0.25) is 5.82 Å². The van der Waals surface area contributed by atoms with Crippen LogP contribution in [0.5, 0.6) is 11.5 Å². The first kappa shape index (κ1) is 10.4. The molecule has 0 bridgehead atoms. The minimum atomic E-state index is -0.0533. The van der Waals surface area contributed by atoms with E-state index in [2.05, 4.69) is 10.1 Å². The largest absolute Gasteiger partial charge is 0.508 e. The molecule has 6 heteroatoms. The molecule has 0 aliphatic heterocycles. The van der Waals surface area contributed by atoms with Crippen LogP contribution in [0.2, 0.25) is 0 Å². The number of furan rings is 1. The van der Waals surface area contributed by atoms with E-state index in [1.807, 2.05) is 0 Å². The maximum atomic E-state index is 9.67. The molecule has 0 aliphatic carbocycles. The Morgan fingerprint density at radius 2 is 2.00 bits per heavy atom. The lowest BCUT2D eigenvalue weighted by Gasteiger charge is -1.99. The average molecular weight is 244 g/mol. The van der Waals surface area contributed by atoms with Crippen LogP contribution in [-0.2, 0) is 0 Å². The Bertz CT molecular complexity index is 673. The Morgan fingerprint density at radius 1 is 1.11 bits per heavy atom. The number of aromatic hydroxyl groups is 2. The van der Waals surface area contributed by atoms with Crippen LogP contribution in [0.15, 0.2) is 45.5 Å². The van der Waals surface area contributed by atoms with Crippen molar-refractivity contribution in [3.63, 3.8) is 0 Å². The minimum absolute atomic E-state index is 0.000508. The second kappa shape index (κ2) is 3.92. The number of hydrogen-bond donors (Lipinski definition) is 2. The van der Waals surface area contributed by atoms with Gasteiger partial charge < -0.3 is 19.2 Å². The van der Waals surface area contributed by atoms with Gasteiger partial charge in [-0.25, -0.2) is 0 Å². The monoisotopic (exact) mass is 244 g/mol. The lowest BCUT2D eigenvalue weighted by molar-refractivity contribution is 0.421. The summed E-state index contributed by atoms with van der Waals surface area (Å²) in [5.41, 5.74) is 0.264. The van der Waals surface area contributed by atoms with Gasteiger partial charge in [0.15, 0.2) is 5.76 Å². The second-order valence-corrected chi connectivity index (χ2v) is 3.60. The van der Waals surface area contributed by atoms with E-state index in [9.17, 15) is 10.2 Å². The highest BCUT2D eigenvalue weighted by Crippen LogP contribution is 2.32. The Kier molecular flexibility index (Phi) is 2.26. The first-order valence-corrected chi connectivity index (χ1v) is 5.14. The van der Waals surface area contributed by atoms with Crippen molar-refractivity contribution in [2.24, 2.45) is 0 Å². The number of nitrogens with zero attached hydrogens (tertiary/aromatic N) is 2. The first-order chi connectivity index (χ1) is 8.74. The molecular weight excluding hydrogens is 236 g/mol. The van der Waals surface area contributed by atoms with Gasteiger partial charge in [0.1, 0.15) is 11.5 Å². The van der Waals surface area contributed by atoms with Crippen LogP contribution in [0.25, 0.3) is 23.0 Å². The van der Waals surface area contributed by atoms with Crippen LogP contribution in [-0.4, -0.2) is 20.4 Å². The van der Waals surface area contributed by atoms with Crippen LogP contribution in [0.1, 0.15) is 0 Å². The van der Waals surface area contributed by atoms with Gasteiger partial charge in [-0.15, -0.1) is 0 Å². The fourth-order valence-corrected chi connectivity index (χ4v) is 1.53. The molecule has 0 amide bonds. The predicted octanol–water partition coefficient (Wildman–Crippen LogP) is 2.41. The lowest BCUT2D eigenvalue weighted by Crippen LogP contribution is -1.80. The Morgan fingerprint density at radius 3 is 2.78 bits per heavy atom. The van der Waals surface area contributed by atoms with E-state index in [-0.39, 0.29) is 28.8 Å². The van der Waals surface area contributed by atoms with E-state index in [1.54, 1.807) is 12.1 Å². The van der Waals surface area contributed by atoms with Gasteiger partial charge in [0.25, 0.3) is 5.89 Å². The molecule has 90 valence electrons. The van der Waals surface area contributed by atoms with Crippen LogP contribution >= 0.6 is 0 Å². The maximum Gasteiger partial charge on any atom is 0.262 e. The Labute approximate surface area is 101 Å². The predicted molar refractivity (Wildman–Crippen MR) is 60.8 cm³/mol. The van der Waals surface area contributed by atoms with Gasteiger partial charge in [0.05, 0.1) is 11.8 Å². The molecule has 0 saturated carbocycles. The summed E-state index contributed by atoms with van der Waals surface area (Å²) < 4.78 is 10.1. The highest BCUT2D eigenvalue weighted by atomic mass is 16.5. The average Bonchev–Trinajstić information content (AvgIpc) is 3.00. The molecule has 6 nitrogen and oxygen atoms in total. The molecule has 0 fully saturated rings. The molecule has 0 aliphatic rings. The molecule has 2 aromatic heterocycles. The first-order valence-electron chi connectivity index (χ1n) is 5.14. The van der Waals surface area contributed by atoms with Crippen LogP contribution in [0.3, 0.4) is 0 Å². The van der Waals surface area contributed by atoms with Gasteiger partial charge >= 0.3 is 0 Å². The Balaban J connectivity index is 2.05. The van der Waals surface area contributed by atoms with E-state index in [0.717, 1.165) is 0 Å². The SMILES string of the molecule is Oc1ccc(O)c(-c2nc(-c3ccco3)no2)c1. The standard InChI is InChI=1S/C12H8N2O4/c15-7-3-4-9(16)8(6-7)12-13-11(14-18-12)10-2-1-5-17-10/h1-6,15-16H. The Hall–Kier alpha value is -2.76. The van der Waals surface area contributed by atoms with Crippen LogP contribution in [0, 0.1) is 0 Å². The molecule has 18 heavy (non-hydrogen) atoms. The van der Waals surface area contributed by atoms with E-state index < -0.39 is 0 Å². The molecular formula is C12H8N2O4. The van der Waals surface area contributed by atoms with E-state index >= 15 is 0 Å². The summed E-state index contributed by atoms with van der Waals surface area (Å²) in [4.78, 5) is 4.08. The maximum absolute atomic E-state index is 9.67. The number of phenolic OH excluding ortho intramolecular Hbond substituents is 2. The zero-order valence-corrected chi connectivity index (χ0v) is 9.07. The quantitative estimate of drug-likeness (QED) is 0.672. The molecule has 2 heterocycles. The molecule has 1 aromatic carbocycles. The molecule has 0 spiro atoms. The number of aromatic nitrogens is 2. The highest BCUT2D eigenvalue weighted by molar-refractivity contribution is 5.65. The summed E-state index contributed by atoms with van der Waals surface area (Å²) in [6, 6.07) is 7.45. The van der Waals surface area contributed by atoms with E-state index in [0.29, 0.717) is 5.76 Å². The molecule has 3 rings (SSSR count). The number of phenols is 2. The summed E-state index contributed by atoms with van der Waals surface area (Å²) in [7, 11) is 0. The van der Waals surface area contributed by atoms with Gasteiger partial charge in [-0.05, 0) is 30.3 Å². The third-order valence-electron chi connectivity index (χ3n) is 2.38. The zero-order chi connectivity index (χ0) is 12.5. The second-order valence-electron chi connectivity index (χ2n) is 3.60. The van der Waals surface area contributed by atoms with Crippen molar-refractivity contribution in [2.75, 3.05) is 0 Å². The molecule has 0 saturated heterocycles. The number of hydrogen-bond acceptors (Lipinski definition) is 6. The van der Waals surface area contributed by atoms with E-state index in [1.165, 1.54) is 24.5 Å². The van der Waals surface area contributed by atoms with Gasteiger partial charge in [-0.2, -0.15) is 4.98 Å². The number of benzene rings is 1. The van der Waals surface area contributed by atoms with Crippen molar-refractivity contribution in [1.29, 1.82) is 0 Å². The lowest BCUT2D eigenvalue weighted by atomic mass is 10.2. The summed E-state index contributed by atoms with van der Waals surface area (Å²) in [5, 5.41) is 22.8. The van der Waals surface area contributed by atoms with Crippen molar-refractivity contribution in [3.8, 4) is 34.5 Å². The van der Waals surface area contributed by atoms with Crippen molar-refractivity contribution in [2.45, 2.75) is 0 Å². The molecule has 0 radical (unpaired) electrons. The minimum Gasteiger partial charge on any atom is -0.508 e. The van der Waals surface area contributed by atoms with Crippen molar-refractivity contribution < 1.29 is 19.2 Å². The van der Waals surface area contributed by atoms with Crippen LogP contribution < -0.4 is 0 Å². The normalized spacial score (nSPS) is 10.7. The molecule has 0 atom stereocenters. The van der Waals surface area contributed by atoms with Gasteiger partial charge in [-0.3, -0.25) is 0 Å². The third-order valence-corrected chi connectivity index (χ3v) is 2.38. The fourth-order valence-electron chi connectivity index (χ4n) is 1.53. The summed E-state index contributed by atoms with van der Waals surface area (Å²) in [6.07, 6.45) is 1.50. The van der Waals surface area contributed by atoms with E-state index in [4.69, 9.17) is 8.94 Å². The summed E-state index contributed by atoms with van der Waals surface area (Å²) in [6.45, 7) is 0. The molecule has 2 N–H and O–H groups in total. The van der Waals surface area contributed by atoms with Crippen molar-refractivity contribution in [1.82, 2.24) is 10.1 Å². The fraction of sp³-hybridized carbons (Fsp3) is 0. The summed E-state index contributed by atoms with van der Waals surface area (Å²) in [5.74, 6) is 0.792. The number of rotatable bonds is 2. The van der Waals surface area contributed by atoms with Gasteiger partial charge in [0, 0.05) is 0 Å². The zero-order valence-electron chi connectivity index (χ0n) is 9.07. The molecule has 0 unspecified atom stereocenters. The van der Waals surface area contributed by atoms with Crippen LogP contribution in [0.4, 0.5) is 0 Å². The summed E-state index contributed by atoms with van der Waals surface area (Å²) >= 11 is 0. The topological polar surface area (TPSA) is 92.5 Å². The van der Waals surface area contributed by atoms with Crippen molar-refractivity contribution >= 4 is 0 Å². The highest BCUT2D eigenvalue weighted by Gasteiger charge is 2.15. The molecule has 3 aromatic rings.